The van der Waals surface area contributed by atoms with Crippen LogP contribution in [0.2, 0.25) is 0 Å². The van der Waals surface area contributed by atoms with Gasteiger partial charge in [0.25, 0.3) is 5.91 Å². The first-order chi connectivity index (χ1) is 8.47. The maximum absolute atomic E-state index is 12.3. The van der Waals surface area contributed by atoms with Crippen molar-refractivity contribution in [2.45, 2.75) is 76.1 Å². The molecule has 1 rings (SSSR count). The minimum absolute atomic E-state index is 0.0717. The van der Waals surface area contributed by atoms with E-state index in [0.29, 0.717) is 0 Å². The summed E-state index contributed by atoms with van der Waals surface area (Å²) in [7, 11) is 0. The van der Waals surface area contributed by atoms with Crippen LogP contribution in [0.5, 0.6) is 0 Å². The van der Waals surface area contributed by atoms with Crippen molar-refractivity contribution >= 4 is 29.1 Å². The summed E-state index contributed by atoms with van der Waals surface area (Å²) in [4.78, 5) is 13.1. The number of alkyl halides is 2. The SMILES string of the molecule is CCC1OC(CC)(CC)N(C(=O)C(Cl)Cl)C1CC. The number of carbonyl (C=O) groups is 1. The number of ether oxygens (including phenoxy) is 1. The van der Waals surface area contributed by atoms with Gasteiger partial charge in [-0.1, -0.05) is 50.9 Å². The Morgan fingerprint density at radius 2 is 1.78 bits per heavy atom. The Morgan fingerprint density at radius 1 is 1.22 bits per heavy atom. The van der Waals surface area contributed by atoms with Gasteiger partial charge in [-0.3, -0.25) is 4.79 Å². The normalized spacial score (nSPS) is 26.9. The van der Waals surface area contributed by atoms with Crippen LogP contribution in [0.4, 0.5) is 0 Å². The quantitative estimate of drug-likeness (QED) is 0.724. The highest BCUT2D eigenvalue weighted by Gasteiger charge is 2.52. The van der Waals surface area contributed by atoms with Gasteiger partial charge in [-0.2, -0.15) is 0 Å². The number of amides is 1. The first kappa shape index (κ1) is 16.1. The van der Waals surface area contributed by atoms with Gasteiger partial charge in [0.05, 0.1) is 12.1 Å². The van der Waals surface area contributed by atoms with Crippen LogP contribution in [-0.4, -0.2) is 33.5 Å². The van der Waals surface area contributed by atoms with Crippen molar-refractivity contribution in [1.82, 2.24) is 4.90 Å². The molecule has 0 aromatic carbocycles. The molecule has 5 heteroatoms. The highest BCUT2D eigenvalue weighted by Crippen LogP contribution is 2.41. The van der Waals surface area contributed by atoms with E-state index in [1.54, 1.807) is 4.90 Å². The molecule has 1 aliphatic heterocycles. The lowest BCUT2D eigenvalue weighted by Crippen LogP contribution is -2.52. The molecule has 1 amide bonds. The molecule has 1 heterocycles. The molecule has 0 radical (unpaired) electrons. The van der Waals surface area contributed by atoms with Crippen molar-refractivity contribution in [1.29, 1.82) is 0 Å². The molecule has 2 unspecified atom stereocenters. The lowest BCUT2D eigenvalue weighted by Gasteiger charge is -2.38. The van der Waals surface area contributed by atoms with Crippen LogP contribution < -0.4 is 0 Å². The molecule has 0 aromatic heterocycles. The Morgan fingerprint density at radius 3 is 2.11 bits per heavy atom. The third-order valence-corrected chi connectivity index (χ3v) is 4.29. The smallest absolute Gasteiger partial charge is 0.258 e. The topological polar surface area (TPSA) is 29.5 Å². The van der Waals surface area contributed by atoms with Crippen LogP contribution in [0.25, 0.3) is 0 Å². The first-order valence-corrected chi connectivity index (χ1v) is 7.63. The third kappa shape index (κ3) is 2.63. The largest absolute Gasteiger partial charge is 0.350 e. The Bertz CT molecular complexity index is 293. The summed E-state index contributed by atoms with van der Waals surface area (Å²) in [5, 5.41) is 0. The fourth-order valence-corrected chi connectivity index (χ4v) is 3.12. The Kier molecular flexibility index (Phi) is 5.75. The van der Waals surface area contributed by atoms with E-state index in [2.05, 4.69) is 13.8 Å². The van der Waals surface area contributed by atoms with Gasteiger partial charge in [-0.05, 0) is 25.7 Å². The van der Waals surface area contributed by atoms with Crippen LogP contribution in [0.3, 0.4) is 0 Å². The van der Waals surface area contributed by atoms with E-state index in [1.807, 2.05) is 13.8 Å². The van der Waals surface area contributed by atoms with Gasteiger partial charge >= 0.3 is 0 Å². The molecule has 1 fully saturated rings. The molecule has 2 atom stereocenters. The van der Waals surface area contributed by atoms with Crippen molar-refractivity contribution in [3.63, 3.8) is 0 Å². The van der Waals surface area contributed by atoms with Gasteiger partial charge in [0.1, 0.15) is 5.72 Å². The van der Waals surface area contributed by atoms with Crippen molar-refractivity contribution < 1.29 is 9.53 Å². The Labute approximate surface area is 120 Å². The van der Waals surface area contributed by atoms with Crippen molar-refractivity contribution in [2.24, 2.45) is 0 Å². The molecule has 0 aromatic rings. The monoisotopic (exact) mass is 295 g/mol. The second-order valence-corrected chi connectivity index (χ2v) is 5.80. The summed E-state index contributed by atoms with van der Waals surface area (Å²) in [6, 6.07) is 0.0717. The third-order valence-electron chi connectivity index (χ3n) is 3.92. The number of carbonyl (C=O) groups excluding carboxylic acids is 1. The lowest BCUT2D eigenvalue weighted by atomic mass is 10.0. The minimum Gasteiger partial charge on any atom is -0.350 e. The molecular formula is C13H23Cl2NO2. The molecule has 18 heavy (non-hydrogen) atoms. The van der Waals surface area contributed by atoms with Crippen LogP contribution in [0.1, 0.15) is 53.4 Å². The number of hydrogen-bond donors (Lipinski definition) is 0. The number of rotatable bonds is 5. The molecule has 0 spiro atoms. The molecule has 3 nitrogen and oxygen atoms in total. The Hall–Kier alpha value is 0.01000. The van der Waals surface area contributed by atoms with Gasteiger partial charge in [-0.15, -0.1) is 0 Å². The lowest BCUT2D eigenvalue weighted by molar-refractivity contribution is -0.153. The van der Waals surface area contributed by atoms with E-state index >= 15 is 0 Å². The first-order valence-electron chi connectivity index (χ1n) is 6.76. The van der Waals surface area contributed by atoms with E-state index in [4.69, 9.17) is 27.9 Å². The van der Waals surface area contributed by atoms with E-state index < -0.39 is 10.6 Å². The average molecular weight is 296 g/mol. The van der Waals surface area contributed by atoms with E-state index in [0.717, 1.165) is 25.7 Å². The molecule has 0 aliphatic carbocycles. The summed E-state index contributed by atoms with van der Waals surface area (Å²) < 4.78 is 6.17. The van der Waals surface area contributed by atoms with Gasteiger partial charge in [0.15, 0.2) is 4.84 Å². The highest BCUT2D eigenvalue weighted by molar-refractivity contribution is 6.53. The standard InChI is InChI=1S/C13H23Cl2NO2/c1-5-9-10(6-2)18-13(7-3,8-4)16(9)12(17)11(14)15/h9-11H,5-8H2,1-4H3. The van der Waals surface area contributed by atoms with Crippen molar-refractivity contribution in [3.8, 4) is 0 Å². The van der Waals surface area contributed by atoms with E-state index in [9.17, 15) is 4.79 Å². The maximum atomic E-state index is 12.3. The zero-order valence-corrected chi connectivity index (χ0v) is 13.1. The minimum atomic E-state index is -1.02. The summed E-state index contributed by atoms with van der Waals surface area (Å²) in [6.45, 7) is 8.21. The molecule has 0 bridgehead atoms. The molecule has 0 saturated carbocycles. The predicted octanol–water partition coefficient (Wildman–Crippen LogP) is 3.72. The van der Waals surface area contributed by atoms with Gasteiger partial charge in [0.2, 0.25) is 0 Å². The second-order valence-electron chi connectivity index (χ2n) is 4.70. The zero-order valence-electron chi connectivity index (χ0n) is 11.6. The number of hydrogen-bond acceptors (Lipinski definition) is 2. The van der Waals surface area contributed by atoms with Gasteiger partial charge < -0.3 is 9.64 Å². The fourth-order valence-electron chi connectivity index (χ4n) is 2.91. The van der Waals surface area contributed by atoms with Crippen LogP contribution in [0, 0.1) is 0 Å². The summed E-state index contributed by atoms with van der Waals surface area (Å²) in [5.41, 5.74) is -0.541. The highest BCUT2D eigenvalue weighted by atomic mass is 35.5. The van der Waals surface area contributed by atoms with Crippen LogP contribution in [-0.2, 0) is 9.53 Å². The van der Waals surface area contributed by atoms with Crippen molar-refractivity contribution in [2.75, 3.05) is 0 Å². The van der Waals surface area contributed by atoms with Gasteiger partial charge in [-0.25, -0.2) is 0 Å². The van der Waals surface area contributed by atoms with Crippen molar-refractivity contribution in [3.05, 3.63) is 0 Å². The van der Waals surface area contributed by atoms with Crippen LogP contribution >= 0.6 is 23.2 Å². The molecular weight excluding hydrogens is 273 g/mol. The van der Waals surface area contributed by atoms with E-state index in [-0.39, 0.29) is 18.1 Å². The van der Waals surface area contributed by atoms with Crippen LogP contribution in [0.15, 0.2) is 0 Å². The second kappa shape index (κ2) is 6.44. The summed E-state index contributed by atoms with van der Waals surface area (Å²) in [5.74, 6) is -0.232. The summed E-state index contributed by atoms with van der Waals surface area (Å²) in [6.07, 6.45) is 3.32. The maximum Gasteiger partial charge on any atom is 0.258 e. The number of halogens is 2. The average Bonchev–Trinajstić information content (AvgIpc) is 2.71. The predicted molar refractivity (Wildman–Crippen MR) is 74.9 cm³/mol. The summed E-state index contributed by atoms with van der Waals surface area (Å²) >= 11 is 11.6. The molecule has 1 aliphatic rings. The molecule has 0 N–H and O–H groups in total. The van der Waals surface area contributed by atoms with E-state index in [1.165, 1.54) is 0 Å². The molecule has 1 saturated heterocycles. The zero-order chi connectivity index (χ0) is 13.9. The number of nitrogens with zero attached hydrogens (tertiary/aromatic N) is 1. The fraction of sp³-hybridized carbons (Fsp3) is 0.923. The van der Waals surface area contributed by atoms with Gasteiger partial charge in [0, 0.05) is 0 Å². The molecule has 106 valence electrons. The Balaban J connectivity index is 3.14.